The number of carbonyl (C=O) groups excluding carboxylic acids is 1. The van der Waals surface area contributed by atoms with Crippen LogP contribution in [0.2, 0.25) is 0 Å². The van der Waals surface area contributed by atoms with E-state index in [1.807, 2.05) is 31.2 Å². The zero-order valence-corrected chi connectivity index (χ0v) is 11.7. The third-order valence-corrected chi connectivity index (χ3v) is 3.43. The van der Waals surface area contributed by atoms with E-state index >= 15 is 0 Å². The predicted molar refractivity (Wildman–Crippen MR) is 80.8 cm³/mol. The molecule has 1 atom stereocenters. The molecule has 3 aromatic rings. The van der Waals surface area contributed by atoms with Crippen molar-refractivity contribution in [2.45, 2.75) is 19.4 Å². The Morgan fingerprint density at radius 1 is 1.29 bits per heavy atom. The molecule has 0 fully saturated rings. The minimum atomic E-state index is -0.114. The minimum Gasteiger partial charge on any atom is -0.347 e. The highest BCUT2D eigenvalue weighted by Crippen LogP contribution is 2.16. The van der Waals surface area contributed by atoms with Gasteiger partial charge in [0, 0.05) is 29.5 Å². The third kappa shape index (κ3) is 2.76. The van der Waals surface area contributed by atoms with Crippen LogP contribution in [0.1, 0.15) is 35.6 Å². The maximum atomic E-state index is 12.4. The number of hydrogen-bond acceptors (Lipinski definition) is 3. The molecule has 0 spiro atoms. The summed E-state index contributed by atoms with van der Waals surface area (Å²) >= 11 is 0. The number of pyridine rings is 1. The molecule has 0 aliphatic heterocycles. The molecule has 21 heavy (non-hydrogen) atoms. The Kier molecular flexibility index (Phi) is 3.64. The Balaban J connectivity index is 1.83. The summed E-state index contributed by atoms with van der Waals surface area (Å²) in [7, 11) is 0. The number of carbonyl (C=O) groups is 1. The number of benzene rings is 1. The summed E-state index contributed by atoms with van der Waals surface area (Å²) in [6.45, 7) is 2.01. The highest BCUT2D eigenvalue weighted by atomic mass is 16.1. The van der Waals surface area contributed by atoms with Gasteiger partial charge in [0.2, 0.25) is 0 Å². The van der Waals surface area contributed by atoms with E-state index in [1.165, 1.54) is 0 Å². The molecule has 0 bridgehead atoms. The molecule has 1 aromatic carbocycles. The first-order valence-electron chi connectivity index (χ1n) is 6.93. The summed E-state index contributed by atoms with van der Waals surface area (Å²) in [4.78, 5) is 23.9. The number of hydrogen-bond donors (Lipinski definition) is 2. The molecule has 0 unspecified atom stereocenters. The third-order valence-electron chi connectivity index (χ3n) is 3.43. The van der Waals surface area contributed by atoms with Crippen LogP contribution >= 0.6 is 0 Å². The number of nitrogens with zero attached hydrogens (tertiary/aromatic N) is 2. The van der Waals surface area contributed by atoms with Gasteiger partial charge in [0.15, 0.2) is 0 Å². The number of fused-ring (bicyclic) bond motifs is 1. The van der Waals surface area contributed by atoms with Crippen LogP contribution in [0, 0.1) is 0 Å². The average Bonchev–Trinajstić information content (AvgIpc) is 3.06. The molecule has 3 rings (SSSR count). The highest BCUT2D eigenvalue weighted by Gasteiger charge is 2.16. The fourth-order valence-corrected chi connectivity index (χ4v) is 2.29. The number of nitrogens with one attached hydrogen (secondary N) is 2. The van der Waals surface area contributed by atoms with Gasteiger partial charge in [-0.3, -0.25) is 9.78 Å². The van der Waals surface area contributed by atoms with Gasteiger partial charge in [0.25, 0.3) is 5.91 Å². The van der Waals surface area contributed by atoms with Crippen molar-refractivity contribution in [3.8, 4) is 0 Å². The molecule has 2 N–H and O–H groups in total. The van der Waals surface area contributed by atoms with Gasteiger partial charge in [-0.25, -0.2) is 4.98 Å². The highest BCUT2D eigenvalue weighted by molar-refractivity contribution is 5.98. The second-order valence-electron chi connectivity index (χ2n) is 4.82. The molecule has 5 heteroatoms. The maximum Gasteiger partial charge on any atom is 0.251 e. The van der Waals surface area contributed by atoms with Gasteiger partial charge in [0.1, 0.15) is 5.82 Å². The molecule has 0 aliphatic carbocycles. The van der Waals surface area contributed by atoms with Gasteiger partial charge < -0.3 is 10.3 Å². The summed E-state index contributed by atoms with van der Waals surface area (Å²) < 4.78 is 0. The van der Waals surface area contributed by atoms with E-state index in [0.717, 1.165) is 23.1 Å². The van der Waals surface area contributed by atoms with Crippen molar-refractivity contribution >= 4 is 16.8 Å². The molecule has 106 valence electrons. The molecule has 2 aromatic heterocycles. The maximum absolute atomic E-state index is 12.4. The number of rotatable bonds is 4. The molecule has 2 heterocycles. The Labute approximate surface area is 122 Å². The van der Waals surface area contributed by atoms with Gasteiger partial charge in [-0.05, 0) is 30.7 Å². The molecular formula is C16H16N4O. The summed E-state index contributed by atoms with van der Waals surface area (Å²) in [6.07, 6.45) is 5.96. The van der Waals surface area contributed by atoms with Crippen molar-refractivity contribution < 1.29 is 4.79 Å². The lowest BCUT2D eigenvalue weighted by atomic mass is 10.1. The largest absolute Gasteiger partial charge is 0.347 e. The zero-order valence-electron chi connectivity index (χ0n) is 11.7. The Morgan fingerprint density at radius 2 is 2.19 bits per heavy atom. The van der Waals surface area contributed by atoms with Gasteiger partial charge in [0.05, 0.1) is 11.6 Å². The number of aromatic amines is 1. The molecule has 0 radical (unpaired) electrons. The fraction of sp³-hybridized carbons (Fsp3) is 0.188. The molecule has 0 saturated heterocycles. The van der Waals surface area contributed by atoms with Crippen LogP contribution in [0.3, 0.4) is 0 Å². The summed E-state index contributed by atoms with van der Waals surface area (Å²) in [5.41, 5.74) is 1.51. The molecular weight excluding hydrogens is 264 g/mol. The molecule has 0 saturated carbocycles. The standard InChI is InChI=1S/C16H16N4O/c1-2-13(15-18-8-9-19-15)20-16(21)12-5-6-14-11(10-12)4-3-7-17-14/h3-10,13H,2H2,1H3,(H,18,19)(H,20,21)/t13-/m1/s1. The first-order chi connectivity index (χ1) is 10.3. The van der Waals surface area contributed by atoms with Crippen molar-refractivity contribution in [2.24, 2.45) is 0 Å². The average molecular weight is 280 g/mol. The SMILES string of the molecule is CC[C@@H](NC(=O)c1ccc2ncccc2c1)c1ncc[nH]1. The quantitative estimate of drug-likeness (QED) is 0.772. The number of aromatic nitrogens is 3. The van der Waals surface area contributed by atoms with E-state index in [2.05, 4.69) is 20.3 Å². The van der Waals surface area contributed by atoms with Crippen molar-refractivity contribution in [3.05, 3.63) is 60.3 Å². The van der Waals surface area contributed by atoms with Crippen LogP contribution in [0.4, 0.5) is 0 Å². The smallest absolute Gasteiger partial charge is 0.251 e. The number of H-pyrrole nitrogens is 1. The van der Waals surface area contributed by atoms with Crippen LogP contribution in [0.25, 0.3) is 10.9 Å². The molecule has 1 amide bonds. The van der Waals surface area contributed by atoms with E-state index < -0.39 is 0 Å². The van der Waals surface area contributed by atoms with Gasteiger partial charge in [-0.15, -0.1) is 0 Å². The fourth-order valence-electron chi connectivity index (χ4n) is 2.29. The summed E-state index contributed by atoms with van der Waals surface area (Å²) in [5, 5.41) is 3.95. The van der Waals surface area contributed by atoms with Crippen molar-refractivity contribution in [1.29, 1.82) is 0 Å². The van der Waals surface area contributed by atoms with Gasteiger partial charge >= 0.3 is 0 Å². The molecule has 5 nitrogen and oxygen atoms in total. The van der Waals surface area contributed by atoms with Crippen LogP contribution in [-0.4, -0.2) is 20.9 Å². The van der Waals surface area contributed by atoms with Crippen LogP contribution in [-0.2, 0) is 0 Å². The van der Waals surface area contributed by atoms with E-state index in [0.29, 0.717) is 5.56 Å². The Bertz CT molecular complexity index is 752. The predicted octanol–water partition coefficient (Wildman–Crippen LogP) is 2.84. The summed E-state index contributed by atoms with van der Waals surface area (Å²) in [6, 6.07) is 9.20. The van der Waals surface area contributed by atoms with E-state index in [-0.39, 0.29) is 11.9 Å². The lowest BCUT2D eigenvalue weighted by Crippen LogP contribution is -2.28. The lowest BCUT2D eigenvalue weighted by molar-refractivity contribution is 0.0934. The van der Waals surface area contributed by atoms with Crippen LogP contribution < -0.4 is 5.32 Å². The Morgan fingerprint density at radius 3 is 2.95 bits per heavy atom. The first-order valence-corrected chi connectivity index (χ1v) is 6.93. The molecule has 0 aliphatic rings. The van der Waals surface area contributed by atoms with E-state index in [9.17, 15) is 4.79 Å². The minimum absolute atomic E-state index is 0.107. The van der Waals surface area contributed by atoms with E-state index in [4.69, 9.17) is 0 Å². The van der Waals surface area contributed by atoms with Gasteiger partial charge in [-0.1, -0.05) is 13.0 Å². The van der Waals surface area contributed by atoms with Crippen molar-refractivity contribution in [3.63, 3.8) is 0 Å². The van der Waals surface area contributed by atoms with Crippen molar-refractivity contribution in [1.82, 2.24) is 20.3 Å². The monoisotopic (exact) mass is 280 g/mol. The number of imidazole rings is 1. The second-order valence-corrected chi connectivity index (χ2v) is 4.82. The second kappa shape index (κ2) is 5.75. The summed E-state index contributed by atoms with van der Waals surface area (Å²) in [5.74, 6) is 0.664. The topological polar surface area (TPSA) is 70.7 Å². The van der Waals surface area contributed by atoms with Crippen molar-refractivity contribution in [2.75, 3.05) is 0 Å². The van der Waals surface area contributed by atoms with E-state index in [1.54, 1.807) is 24.7 Å². The normalized spacial score (nSPS) is 12.2. The zero-order chi connectivity index (χ0) is 14.7. The first kappa shape index (κ1) is 13.3. The lowest BCUT2D eigenvalue weighted by Gasteiger charge is -2.14. The number of amides is 1. The van der Waals surface area contributed by atoms with Crippen LogP contribution in [0.5, 0.6) is 0 Å². The van der Waals surface area contributed by atoms with Crippen LogP contribution in [0.15, 0.2) is 48.9 Å². The van der Waals surface area contributed by atoms with Gasteiger partial charge in [-0.2, -0.15) is 0 Å². The Hall–Kier alpha value is -2.69.